The summed E-state index contributed by atoms with van der Waals surface area (Å²) in [7, 11) is 0. The van der Waals surface area contributed by atoms with Gasteiger partial charge in [-0.2, -0.15) is 0 Å². The summed E-state index contributed by atoms with van der Waals surface area (Å²) < 4.78 is 0. The Kier molecular flexibility index (Phi) is 6.68. The van der Waals surface area contributed by atoms with E-state index in [1.165, 1.54) is 96.6 Å². The molecule has 0 radical (unpaired) electrons. The van der Waals surface area contributed by atoms with Gasteiger partial charge >= 0.3 is 0 Å². The first kappa shape index (κ1) is 14.0. The molecule has 0 aromatic rings. The van der Waals surface area contributed by atoms with Crippen molar-refractivity contribution in [2.45, 2.75) is 83.5 Å². The molecule has 104 valence electrons. The van der Waals surface area contributed by atoms with Gasteiger partial charge in [0.05, 0.1) is 0 Å². The van der Waals surface area contributed by atoms with E-state index < -0.39 is 0 Å². The third-order valence-corrected chi connectivity index (χ3v) is 4.53. The molecule has 0 unspecified atom stereocenters. The Hall–Kier alpha value is -0.460. The molecule has 2 heterocycles. The standard InChI is InChI=1S/C17H31N/c1-2-5-9-13-17-14-10-6-4-8-12-16-18(17)15-11-7-3-1/h13H,1-12,14-16H2/b17-13-. The zero-order valence-electron chi connectivity index (χ0n) is 12.1. The lowest BCUT2D eigenvalue weighted by Crippen LogP contribution is -2.25. The summed E-state index contributed by atoms with van der Waals surface area (Å²) in [6.45, 7) is 2.65. The highest BCUT2D eigenvalue weighted by Crippen LogP contribution is 2.22. The van der Waals surface area contributed by atoms with Gasteiger partial charge in [0.25, 0.3) is 0 Å². The van der Waals surface area contributed by atoms with Crippen molar-refractivity contribution >= 4 is 0 Å². The minimum absolute atomic E-state index is 1.33. The second-order valence-corrected chi connectivity index (χ2v) is 6.11. The fourth-order valence-electron chi connectivity index (χ4n) is 3.35. The first-order valence-corrected chi connectivity index (χ1v) is 8.41. The topological polar surface area (TPSA) is 3.24 Å². The van der Waals surface area contributed by atoms with Crippen molar-refractivity contribution in [2.75, 3.05) is 13.1 Å². The summed E-state index contributed by atoms with van der Waals surface area (Å²) in [5.41, 5.74) is 1.69. The van der Waals surface area contributed by atoms with Crippen molar-refractivity contribution in [3.63, 3.8) is 0 Å². The molecule has 0 aliphatic carbocycles. The number of hydrogen-bond donors (Lipinski definition) is 0. The van der Waals surface area contributed by atoms with Crippen LogP contribution in [0.2, 0.25) is 0 Å². The largest absolute Gasteiger partial charge is 0.375 e. The van der Waals surface area contributed by atoms with Gasteiger partial charge in [0.2, 0.25) is 0 Å². The lowest BCUT2D eigenvalue weighted by molar-refractivity contribution is 0.318. The Bertz CT molecular complexity index is 244. The summed E-state index contributed by atoms with van der Waals surface area (Å²) in [5, 5.41) is 0. The molecule has 0 bridgehead atoms. The van der Waals surface area contributed by atoms with Gasteiger partial charge in [0.1, 0.15) is 0 Å². The van der Waals surface area contributed by atoms with Crippen LogP contribution >= 0.6 is 0 Å². The van der Waals surface area contributed by atoms with Crippen LogP contribution in [0.15, 0.2) is 11.8 Å². The number of rotatable bonds is 0. The number of hydrogen-bond acceptors (Lipinski definition) is 1. The Balaban J connectivity index is 1.97. The molecular formula is C17H31N. The van der Waals surface area contributed by atoms with Gasteiger partial charge in [0, 0.05) is 18.8 Å². The van der Waals surface area contributed by atoms with Crippen LogP contribution in [-0.4, -0.2) is 18.0 Å². The molecule has 2 aliphatic rings. The Labute approximate surface area is 114 Å². The molecule has 0 saturated carbocycles. The Morgan fingerprint density at radius 2 is 1.17 bits per heavy atom. The van der Waals surface area contributed by atoms with E-state index in [-0.39, 0.29) is 0 Å². The molecule has 1 nitrogen and oxygen atoms in total. The van der Waals surface area contributed by atoms with Crippen molar-refractivity contribution < 1.29 is 0 Å². The molecule has 1 saturated heterocycles. The van der Waals surface area contributed by atoms with Gasteiger partial charge in [-0.15, -0.1) is 0 Å². The molecule has 0 spiro atoms. The van der Waals surface area contributed by atoms with Crippen LogP contribution in [0.5, 0.6) is 0 Å². The van der Waals surface area contributed by atoms with Crippen molar-refractivity contribution in [1.82, 2.24) is 4.90 Å². The van der Waals surface area contributed by atoms with Crippen molar-refractivity contribution in [2.24, 2.45) is 0 Å². The minimum Gasteiger partial charge on any atom is -0.375 e. The zero-order valence-corrected chi connectivity index (χ0v) is 12.1. The number of fused-ring (bicyclic) bond motifs is 1. The summed E-state index contributed by atoms with van der Waals surface area (Å²) >= 11 is 0. The van der Waals surface area contributed by atoms with Crippen LogP contribution in [0, 0.1) is 0 Å². The first-order chi connectivity index (χ1) is 8.97. The van der Waals surface area contributed by atoms with Gasteiger partial charge in [-0.3, -0.25) is 0 Å². The average molecular weight is 249 g/mol. The fourth-order valence-corrected chi connectivity index (χ4v) is 3.35. The van der Waals surface area contributed by atoms with Gasteiger partial charge in [0.15, 0.2) is 0 Å². The van der Waals surface area contributed by atoms with E-state index in [1.54, 1.807) is 5.70 Å². The number of nitrogens with zero attached hydrogens (tertiary/aromatic N) is 1. The molecular weight excluding hydrogens is 218 g/mol. The predicted octanol–water partition coefficient (Wildman–Crippen LogP) is 5.27. The van der Waals surface area contributed by atoms with Gasteiger partial charge < -0.3 is 4.90 Å². The van der Waals surface area contributed by atoms with Crippen molar-refractivity contribution in [3.8, 4) is 0 Å². The first-order valence-electron chi connectivity index (χ1n) is 8.41. The van der Waals surface area contributed by atoms with Gasteiger partial charge in [-0.1, -0.05) is 51.0 Å². The molecule has 0 N–H and O–H groups in total. The second-order valence-electron chi connectivity index (χ2n) is 6.11. The molecule has 1 heteroatoms. The molecule has 0 aromatic carbocycles. The van der Waals surface area contributed by atoms with Crippen LogP contribution in [0.4, 0.5) is 0 Å². The molecule has 0 amide bonds. The Morgan fingerprint density at radius 3 is 1.89 bits per heavy atom. The van der Waals surface area contributed by atoms with E-state index in [0.29, 0.717) is 0 Å². The summed E-state index contributed by atoms with van der Waals surface area (Å²) in [6, 6.07) is 0. The normalized spacial score (nSPS) is 27.8. The quantitative estimate of drug-likeness (QED) is 0.565. The molecule has 0 aromatic heterocycles. The smallest absolute Gasteiger partial charge is 0.0174 e. The maximum atomic E-state index is 2.73. The van der Waals surface area contributed by atoms with Crippen molar-refractivity contribution in [3.05, 3.63) is 11.8 Å². The van der Waals surface area contributed by atoms with Crippen LogP contribution in [0.1, 0.15) is 83.5 Å². The predicted molar refractivity (Wildman–Crippen MR) is 79.7 cm³/mol. The second kappa shape index (κ2) is 8.61. The third kappa shape index (κ3) is 5.04. The molecule has 2 rings (SSSR count). The van der Waals surface area contributed by atoms with E-state index in [9.17, 15) is 0 Å². The highest BCUT2D eigenvalue weighted by Gasteiger charge is 2.11. The van der Waals surface area contributed by atoms with Crippen LogP contribution in [0.3, 0.4) is 0 Å². The molecule has 18 heavy (non-hydrogen) atoms. The maximum absolute atomic E-state index is 2.73. The molecule has 2 aliphatic heterocycles. The summed E-state index contributed by atoms with van der Waals surface area (Å²) in [5.74, 6) is 0. The van der Waals surface area contributed by atoms with E-state index in [4.69, 9.17) is 0 Å². The average Bonchev–Trinajstić information content (AvgIpc) is 2.45. The third-order valence-electron chi connectivity index (χ3n) is 4.53. The SMILES string of the molecule is C1=C2/CCCCCCCN2CCCCCCCC/1. The maximum Gasteiger partial charge on any atom is 0.0174 e. The van der Waals surface area contributed by atoms with E-state index in [2.05, 4.69) is 11.0 Å². The van der Waals surface area contributed by atoms with Crippen molar-refractivity contribution in [1.29, 1.82) is 0 Å². The summed E-state index contributed by atoms with van der Waals surface area (Å²) in [6.07, 6.45) is 21.1. The van der Waals surface area contributed by atoms with E-state index in [0.717, 1.165) is 0 Å². The van der Waals surface area contributed by atoms with Crippen LogP contribution in [-0.2, 0) is 0 Å². The molecule has 1 fully saturated rings. The highest BCUT2D eigenvalue weighted by molar-refractivity contribution is 5.02. The zero-order chi connectivity index (χ0) is 12.5. The molecule has 0 atom stereocenters. The summed E-state index contributed by atoms with van der Waals surface area (Å²) in [4.78, 5) is 2.73. The van der Waals surface area contributed by atoms with Crippen LogP contribution in [0.25, 0.3) is 0 Å². The Morgan fingerprint density at radius 1 is 0.611 bits per heavy atom. The minimum atomic E-state index is 1.33. The monoisotopic (exact) mass is 249 g/mol. The fraction of sp³-hybridized carbons (Fsp3) is 0.882. The van der Waals surface area contributed by atoms with Gasteiger partial charge in [-0.05, 0) is 38.5 Å². The lowest BCUT2D eigenvalue weighted by atomic mass is 10.1. The van der Waals surface area contributed by atoms with Gasteiger partial charge in [-0.25, -0.2) is 0 Å². The van der Waals surface area contributed by atoms with E-state index >= 15 is 0 Å². The number of allylic oxidation sites excluding steroid dienone is 2. The highest BCUT2D eigenvalue weighted by atomic mass is 15.1. The van der Waals surface area contributed by atoms with Crippen LogP contribution < -0.4 is 0 Å². The lowest BCUT2D eigenvalue weighted by Gasteiger charge is -2.27. The van der Waals surface area contributed by atoms with E-state index in [1.807, 2.05) is 0 Å².